The number of aliphatic hydroxyl groups excluding tert-OH is 1. The maximum Gasteiger partial charge on any atom is 0.312 e. The highest BCUT2D eigenvalue weighted by molar-refractivity contribution is 6.09. The van der Waals surface area contributed by atoms with Crippen LogP contribution < -0.4 is 16.6 Å². The zero-order valence-electron chi connectivity index (χ0n) is 15.5. The molecular weight excluding hydrogens is 356 g/mol. The highest BCUT2D eigenvalue weighted by Crippen LogP contribution is 2.10. The van der Waals surface area contributed by atoms with E-state index < -0.39 is 23.4 Å². The second-order valence-corrected chi connectivity index (χ2v) is 5.88. The van der Waals surface area contributed by atoms with E-state index in [0.717, 1.165) is 0 Å². The van der Waals surface area contributed by atoms with Gasteiger partial charge >= 0.3 is 5.97 Å². The van der Waals surface area contributed by atoms with Gasteiger partial charge in [0.2, 0.25) is 11.5 Å². The van der Waals surface area contributed by atoms with Crippen molar-refractivity contribution in [2.45, 2.75) is 19.3 Å². The third-order valence-electron chi connectivity index (χ3n) is 3.66. The Morgan fingerprint density at radius 3 is 2.89 bits per heavy atom. The van der Waals surface area contributed by atoms with Gasteiger partial charge in [0, 0.05) is 26.2 Å². The predicted octanol–water partition coefficient (Wildman–Crippen LogP) is -1.43. The van der Waals surface area contributed by atoms with Crippen molar-refractivity contribution in [3.05, 3.63) is 23.6 Å². The Morgan fingerprint density at radius 1 is 1.41 bits per heavy atom. The van der Waals surface area contributed by atoms with E-state index in [1.54, 1.807) is 13.1 Å². The quantitative estimate of drug-likeness (QED) is 0.225. The number of ether oxygens (including phenoxy) is 2. The summed E-state index contributed by atoms with van der Waals surface area (Å²) in [5.74, 6) is 2.94. The van der Waals surface area contributed by atoms with Crippen molar-refractivity contribution in [2.75, 3.05) is 46.5 Å². The molecule has 0 fully saturated rings. The first-order chi connectivity index (χ1) is 13.0. The minimum absolute atomic E-state index is 0.00966. The second-order valence-electron chi connectivity index (χ2n) is 5.88. The van der Waals surface area contributed by atoms with Gasteiger partial charge in [-0.15, -0.1) is 0 Å². The highest BCUT2D eigenvalue weighted by Gasteiger charge is 2.24. The number of nitrogens with one attached hydrogen (secondary N) is 2. The Balaban J connectivity index is 2.87. The van der Waals surface area contributed by atoms with Crippen LogP contribution in [0.5, 0.6) is 0 Å². The van der Waals surface area contributed by atoms with E-state index in [1.165, 1.54) is 6.08 Å². The first kappa shape index (κ1) is 22.8. The van der Waals surface area contributed by atoms with E-state index in [4.69, 9.17) is 20.4 Å². The lowest BCUT2D eigenvalue weighted by molar-refractivity contribution is -0.142. The molecule has 0 saturated heterocycles. The number of carbonyl (C=O) groups excluding carboxylic acids is 3. The molecule has 1 heterocycles. The molecule has 1 aliphatic rings. The monoisotopic (exact) mass is 384 g/mol. The molecule has 1 rings (SSSR count). The number of nitrogens with zero attached hydrogens (tertiary/aromatic N) is 1. The smallest absolute Gasteiger partial charge is 0.312 e. The van der Waals surface area contributed by atoms with Gasteiger partial charge in [-0.1, -0.05) is 6.08 Å². The van der Waals surface area contributed by atoms with E-state index in [1.807, 2.05) is 4.90 Å². The van der Waals surface area contributed by atoms with Gasteiger partial charge in [0.05, 0.1) is 19.6 Å². The molecule has 1 aliphatic heterocycles. The van der Waals surface area contributed by atoms with Crippen molar-refractivity contribution in [1.82, 2.24) is 15.6 Å². The number of nitrogens with two attached hydrogens (primary N) is 1. The molecule has 0 aliphatic carbocycles. The van der Waals surface area contributed by atoms with Crippen molar-refractivity contribution in [3.8, 4) is 0 Å². The molecule has 152 valence electrons. The summed E-state index contributed by atoms with van der Waals surface area (Å²) in [5.41, 5.74) is 1.81. The van der Waals surface area contributed by atoms with Crippen LogP contribution in [0.2, 0.25) is 0 Å². The molecule has 0 aromatic rings. The maximum absolute atomic E-state index is 12.4. The standard InChI is InChI=1S/C17H28N4O6/c1-21(8-4-10-22)9-6-14(24)27-16-13(23)5-2-3-11-26-12-7-19-17(25)15(16)20-18/h2,5,20,22H,3-4,6-12,18H2,1H3,(H,19,25)/b5-2-,16-15+. The van der Waals surface area contributed by atoms with Crippen molar-refractivity contribution >= 4 is 17.7 Å². The number of amides is 1. The Bertz CT molecular complexity index is 576. The molecular formula is C17H28N4O6. The number of aliphatic hydroxyl groups is 1. The summed E-state index contributed by atoms with van der Waals surface area (Å²) < 4.78 is 10.4. The zero-order valence-corrected chi connectivity index (χ0v) is 15.5. The van der Waals surface area contributed by atoms with Crippen LogP contribution in [0.15, 0.2) is 23.6 Å². The molecule has 0 atom stereocenters. The van der Waals surface area contributed by atoms with Crippen LogP contribution in [0.4, 0.5) is 0 Å². The molecule has 0 aromatic heterocycles. The van der Waals surface area contributed by atoms with E-state index in [0.29, 0.717) is 39.1 Å². The van der Waals surface area contributed by atoms with E-state index in [-0.39, 0.29) is 25.3 Å². The normalized spacial score (nSPS) is 20.4. The number of esters is 1. The fourth-order valence-electron chi connectivity index (χ4n) is 2.20. The third kappa shape index (κ3) is 8.78. The van der Waals surface area contributed by atoms with E-state index in [2.05, 4.69) is 10.7 Å². The lowest BCUT2D eigenvalue weighted by Crippen LogP contribution is -2.39. The molecule has 0 spiro atoms. The Kier molecular flexibility index (Phi) is 10.9. The molecule has 0 saturated carbocycles. The van der Waals surface area contributed by atoms with Crippen LogP contribution in [-0.2, 0) is 23.9 Å². The summed E-state index contributed by atoms with van der Waals surface area (Å²) in [7, 11) is 1.80. The number of hydrazine groups is 1. The summed E-state index contributed by atoms with van der Waals surface area (Å²) >= 11 is 0. The second kappa shape index (κ2) is 13.0. The molecule has 0 aromatic carbocycles. The maximum atomic E-state index is 12.4. The van der Waals surface area contributed by atoms with Crippen molar-refractivity contribution in [2.24, 2.45) is 5.84 Å². The molecule has 5 N–H and O–H groups in total. The van der Waals surface area contributed by atoms with Gasteiger partial charge < -0.3 is 30.2 Å². The van der Waals surface area contributed by atoms with Crippen molar-refractivity contribution in [1.29, 1.82) is 0 Å². The van der Waals surface area contributed by atoms with Gasteiger partial charge in [0.1, 0.15) is 0 Å². The van der Waals surface area contributed by atoms with Crippen molar-refractivity contribution < 1.29 is 29.0 Å². The first-order valence-corrected chi connectivity index (χ1v) is 8.77. The first-order valence-electron chi connectivity index (χ1n) is 8.77. The minimum Gasteiger partial charge on any atom is -0.420 e. The Morgan fingerprint density at radius 2 is 2.19 bits per heavy atom. The summed E-state index contributed by atoms with van der Waals surface area (Å²) in [6, 6.07) is 0. The zero-order chi connectivity index (χ0) is 20.1. The molecule has 0 bridgehead atoms. The highest BCUT2D eigenvalue weighted by atomic mass is 16.5. The van der Waals surface area contributed by atoms with Crippen LogP contribution in [0, 0.1) is 0 Å². The Hall–Kier alpha value is -2.27. The number of hydrogen-bond donors (Lipinski definition) is 4. The van der Waals surface area contributed by atoms with Gasteiger partial charge in [-0.2, -0.15) is 0 Å². The largest absolute Gasteiger partial charge is 0.420 e. The van der Waals surface area contributed by atoms with Crippen LogP contribution in [0.25, 0.3) is 0 Å². The van der Waals surface area contributed by atoms with Crippen LogP contribution in [0.3, 0.4) is 0 Å². The van der Waals surface area contributed by atoms with Crippen LogP contribution >= 0.6 is 0 Å². The fourth-order valence-corrected chi connectivity index (χ4v) is 2.20. The Labute approximate surface area is 158 Å². The SMILES string of the molecule is CN(CCCO)CCC(=O)O/C1=C(/NN)C(=O)NCCOCC/C=C\C1=O. The van der Waals surface area contributed by atoms with Gasteiger partial charge in [-0.3, -0.25) is 20.2 Å². The summed E-state index contributed by atoms with van der Waals surface area (Å²) in [5, 5.41) is 11.4. The molecule has 27 heavy (non-hydrogen) atoms. The number of rotatable bonds is 8. The molecule has 0 unspecified atom stereocenters. The topological polar surface area (TPSA) is 143 Å². The van der Waals surface area contributed by atoms with Gasteiger partial charge in [0.15, 0.2) is 5.70 Å². The summed E-state index contributed by atoms with van der Waals surface area (Å²) in [6.45, 7) is 1.99. The van der Waals surface area contributed by atoms with Crippen molar-refractivity contribution in [3.63, 3.8) is 0 Å². The predicted molar refractivity (Wildman–Crippen MR) is 96.9 cm³/mol. The van der Waals surface area contributed by atoms with E-state index >= 15 is 0 Å². The van der Waals surface area contributed by atoms with Gasteiger partial charge in [-0.25, -0.2) is 0 Å². The number of allylic oxidation sites excluding steroid dienone is 1. The van der Waals surface area contributed by atoms with E-state index in [9.17, 15) is 14.4 Å². The van der Waals surface area contributed by atoms with Gasteiger partial charge in [0.25, 0.3) is 5.91 Å². The molecule has 10 nitrogen and oxygen atoms in total. The van der Waals surface area contributed by atoms with Crippen LogP contribution in [0.1, 0.15) is 19.3 Å². The average molecular weight is 384 g/mol. The minimum atomic E-state index is -0.675. The third-order valence-corrected chi connectivity index (χ3v) is 3.66. The van der Waals surface area contributed by atoms with Crippen LogP contribution in [-0.4, -0.2) is 74.2 Å². The molecule has 0 radical (unpaired) electrons. The number of carbonyl (C=O) groups is 3. The van der Waals surface area contributed by atoms with Gasteiger partial charge in [-0.05, 0) is 26.0 Å². The summed E-state index contributed by atoms with van der Waals surface area (Å²) in [6.07, 6.45) is 3.89. The lowest BCUT2D eigenvalue weighted by Gasteiger charge is -2.16. The molecule has 10 heteroatoms. The fraction of sp³-hybridized carbons (Fsp3) is 0.588. The lowest BCUT2D eigenvalue weighted by atomic mass is 10.2. The molecule has 1 amide bonds. The average Bonchev–Trinajstić information content (AvgIpc) is 2.65. The number of hydrogen-bond acceptors (Lipinski definition) is 9. The summed E-state index contributed by atoms with van der Waals surface area (Å²) in [4.78, 5) is 38.6. The number of ketones is 1.